The van der Waals surface area contributed by atoms with E-state index in [9.17, 15) is 0 Å². The lowest BCUT2D eigenvalue weighted by molar-refractivity contribution is 0.419. The third kappa shape index (κ3) is 2.42. The largest absolute Gasteiger partial charge is 0.496 e. The Labute approximate surface area is 157 Å². The van der Waals surface area contributed by atoms with E-state index in [1.165, 1.54) is 0 Å². The van der Waals surface area contributed by atoms with Crippen LogP contribution in [0.3, 0.4) is 0 Å². The van der Waals surface area contributed by atoms with Crippen molar-refractivity contribution in [3.8, 4) is 28.7 Å². The highest BCUT2D eigenvalue weighted by atomic mass is 35.5. The minimum absolute atomic E-state index is 0.161. The Hall–Kier alpha value is -3.52. The van der Waals surface area contributed by atoms with Crippen molar-refractivity contribution in [3.05, 3.63) is 53.9 Å². The van der Waals surface area contributed by atoms with E-state index in [1.807, 2.05) is 36.4 Å². The first-order chi connectivity index (χ1) is 13.3. The van der Waals surface area contributed by atoms with Crippen molar-refractivity contribution < 1.29 is 9.26 Å². The first kappa shape index (κ1) is 15.7. The quantitative estimate of drug-likeness (QED) is 0.473. The number of benzene rings is 1. The third-order valence-electron chi connectivity index (χ3n) is 4.18. The summed E-state index contributed by atoms with van der Waals surface area (Å²) < 4.78 is 12.1. The standard InChI is InChI=1S/C18H11ClN6O2/c1-26-13-7-4-5-10-15(13)16(11-6-2-3-8-20-11)23-25-17(10)21-22-18(25)12-9-14(19)27-24-12/h2-9H,1H3. The molecule has 0 bridgehead atoms. The van der Waals surface area contributed by atoms with E-state index in [1.54, 1.807) is 23.9 Å². The predicted molar refractivity (Wildman–Crippen MR) is 98.6 cm³/mol. The summed E-state index contributed by atoms with van der Waals surface area (Å²) in [4.78, 5) is 4.44. The van der Waals surface area contributed by atoms with Crippen molar-refractivity contribution in [2.45, 2.75) is 0 Å². The van der Waals surface area contributed by atoms with Gasteiger partial charge in [0.15, 0.2) is 11.3 Å². The fourth-order valence-electron chi connectivity index (χ4n) is 3.02. The zero-order valence-electron chi connectivity index (χ0n) is 14.0. The van der Waals surface area contributed by atoms with Gasteiger partial charge in [0.25, 0.3) is 0 Å². The van der Waals surface area contributed by atoms with E-state index in [4.69, 9.17) is 26.0 Å². The molecule has 4 heterocycles. The number of rotatable bonds is 3. The molecule has 0 N–H and O–H groups in total. The van der Waals surface area contributed by atoms with Crippen LogP contribution in [-0.2, 0) is 0 Å². The summed E-state index contributed by atoms with van der Waals surface area (Å²) >= 11 is 5.86. The van der Waals surface area contributed by atoms with Crippen molar-refractivity contribution in [3.63, 3.8) is 0 Å². The van der Waals surface area contributed by atoms with Crippen LogP contribution in [0.4, 0.5) is 0 Å². The SMILES string of the molecule is COc1cccc2c1c(-c1ccccn1)nn1c(-c3cc(Cl)on3)nnc21. The van der Waals surface area contributed by atoms with Gasteiger partial charge >= 0.3 is 0 Å². The lowest BCUT2D eigenvalue weighted by atomic mass is 10.1. The van der Waals surface area contributed by atoms with Crippen molar-refractivity contribution in [2.24, 2.45) is 0 Å². The minimum atomic E-state index is 0.161. The molecule has 4 aromatic heterocycles. The Morgan fingerprint density at radius 2 is 2.00 bits per heavy atom. The fraction of sp³-hybridized carbons (Fsp3) is 0.0556. The van der Waals surface area contributed by atoms with Gasteiger partial charge in [-0.15, -0.1) is 10.2 Å². The smallest absolute Gasteiger partial charge is 0.226 e. The topological polar surface area (TPSA) is 91.2 Å². The second-order valence-electron chi connectivity index (χ2n) is 5.72. The lowest BCUT2D eigenvalue weighted by Crippen LogP contribution is -2.01. The van der Waals surface area contributed by atoms with Crippen LogP contribution < -0.4 is 4.74 Å². The Kier molecular flexibility index (Phi) is 3.51. The van der Waals surface area contributed by atoms with Gasteiger partial charge in [-0.2, -0.15) is 9.61 Å². The molecule has 0 aliphatic heterocycles. The summed E-state index contributed by atoms with van der Waals surface area (Å²) in [5, 5.41) is 19.0. The molecule has 0 spiro atoms. The molecule has 0 saturated heterocycles. The summed E-state index contributed by atoms with van der Waals surface area (Å²) in [7, 11) is 1.62. The van der Waals surface area contributed by atoms with Crippen LogP contribution in [0.25, 0.3) is 39.3 Å². The van der Waals surface area contributed by atoms with Gasteiger partial charge in [0.05, 0.1) is 18.2 Å². The highest BCUT2D eigenvalue weighted by Gasteiger charge is 2.21. The van der Waals surface area contributed by atoms with Crippen LogP contribution in [-0.4, -0.2) is 37.1 Å². The monoisotopic (exact) mass is 378 g/mol. The zero-order chi connectivity index (χ0) is 18.4. The summed E-state index contributed by atoms with van der Waals surface area (Å²) in [6.07, 6.45) is 1.72. The molecule has 27 heavy (non-hydrogen) atoms. The van der Waals surface area contributed by atoms with Crippen LogP contribution >= 0.6 is 11.6 Å². The van der Waals surface area contributed by atoms with Crippen LogP contribution in [0.15, 0.2) is 53.2 Å². The highest BCUT2D eigenvalue weighted by molar-refractivity contribution is 6.29. The molecular formula is C18H11ClN6O2. The molecule has 5 aromatic rings. The van der Waals surface area contributed by atoms with Gasteiger partial charge in [-0.3, -0.25) is 4.98 Å². The molecule has 0 unspecified atom stereocenters. The summed E-state index contributed by atoms with van der Waals surface area (Å²) in [5.74, 6) is 1.10. The molecule has 0 aliphatic rings. The van der Waals surface area contributed by atoms with Gasteiger partial charge in [0.1, 0.15) is 11.4 Å². The second kappa shape index (κ2) is 6.03. The lowest BCUT2D eigenvalue weighted by Gasteiger charge is -2.11. The summed E-state index contributed by atoms with van der Waals surface area (Å²) in [6, 6.07) is 12.9. The normalized spacial score (nSPS) is 11.3. The van der Waals surface area contributed by atoms with Gasteiger partial charge in [-0.05, 0) is 29.8 Å². The number of ether oxygens (including phenoxy) is 1. The maximum absolute atomic E-state index is 5.86. The Balaban J connectivity index is 1.92. The number of hydrogen-bond donors (Lipinski definition) is 0. The van der Waals surface area contributed by atoms with Crippen LogP contribution in [0.5, 0.6) is 5.75 Å². The minimum Gasteiger partial charge on any atom is -0.496 e. The number of fused-ring (bicyclic) bond motifs is 3. The van der Waals surface area contributed by atoms with Crippen LogP contribution in [0, 0.1) is 0 Å². The molecule has 0 amide bonds. The number of nitrogens with zero attached hydrogens (tertiary/aromatic N) is 6. The van der Waals surface area contributed by atoms with Gasteiger partial charge in [-0.25, -0.2) is 0 Å². The van der Waals surface area contributed by atoms with E-state index >= 15 is 0 Å². The van der Waals surface area contributed by atoms with Gasteiger partial charge in [0.2, 0.25) is 11.0 Å². The summed E-state index contributed by atoms with van der Waals surface area (Å²) in [6.45, 7) is 0. The maximum Gasteiger partial charge on any atom is 0.226 e. The Morgan fingerprint density at radius 1 is 1.07 bits per heavy atom. The molecule has 9 heteroatoms. The molecule has 132 valence electrons. The van der Waals surface area contributed by atoms with E-state index in [-0.39, 0.29) is 5.22 Å². The highest BCUT2D eigenvalue weighted by Crippen LogP contribution is 2.35. The number of methoxy groups -OCH3 is 1. The van der Waals surface area contributed by atoms with Crippen molar-refractivity contribution in [1.82, 2.24) is 30.0 Å². The molecule has 5 rings (SSSR count). The average molecular weight is 379 g/mol. The van der Waals surface area contributed by atoms with Gasteiger partial charge in [-0.1, -0.05) is 23.4 Å². The molecular weight excluding hydrogens is 368 g/mol. The number of halogens is 1. The molecule has 8 nitrogen and oxygen atoms in total. The number of aromatic nitrogens is 6. The van der Waals surface area contributed by atoms with Crippen molar-refractivity contribution >= 4 is 28.0 Å². The first-order valence-electron chi connectivity index (χ1n) is 8.02. The molecule has 1 aromatic carbocycles. The number of pyridine rings is 1. The van der Waals surface area contributed by atoms with Crippen LogP contribution in [0.2, 0.25) is 5.22 Å². The third-order valence-corrected chi connectivity index (χ3v) is 4.36. The van der Waals surface area contributed by atoms with Gasteiger partial charge < -0.3 is 9.26 Å². The predicted octanol–water partition coefficient (Wildman–Crippen LogP) is 3.66. The zero-order valence-corrected chi connectivity index (χ0v) is 14.8. The molecule has 0 aliphatic carbocycles. The van der Waals surface area contributed by atoms with Crippen molar-refractivity contribution in [1.29, 1.82) is 0 Å². The Bertz CT molecular complexity index is 1280. The molecule has 0 fully saturated rings. The molecule has 0 saturated carbocycles. The summed E-state index contributed by atoms with van der Waals surface area (Å²) in [5.41, 5.74) is 2.35. The second-order valence-corrected chi connectivity index (χ2v) is 6.09. The van der Waals surface area contributed by atoms with E-state index in [2.05, 4.69) is 20.3 Å². The van der Waals surface area contributed by atoms with E-state index < -0.39 is 0 Å². The molecule has 0 atom stereocenters. The maximum atomic E-state index is 5.86. The first-order valence-corrected chi connectivity index (χ1v) is 8.40. The van der Waals surface area contributed by atoms with Crippen LogP contribution in [0.1, 0.15) is 0 Å². The van der Waals surface area contributed by atoms with Gasteiger partial charge in [0, 0.05) is 17.6 Å². The average Bonchev–Trinajstić information content (AvgIpc) is 3.33. The fourth-order valence-corrected chi connectivity index (χ4v) is 3.16. The Morgan fingerprint density at radius 3 is 2.74 bits per heavy atom. The van der Waals surface area contributed by atoms with Crippen molar-refractivity contribution in [2.75, 3.05) is 7.11 Å². The number of hydrogen-bond acceptors (Lipinski definition) is 7. The van der Waals surface area contributed by atoms with E-state index in [0.29, 0.717) is 34.3 Å². The molecule has 0 radical (unpaired) electrons. The van der Waals surface area contributed by atoms with E-state index in [0.717, 1.165) is 10.8 Å².